The number of hydrogen-bond acceptors (Lipinski definition) is 4. The predicted octanol–water partition coefficient (Wildman–Crippen LogP) is 10.2. The Balaban J connectivity index is 0.000000181. The molecular formula is C40H56O6. The van der Waals surface area contributed by atoms with E-state index in [-0.39, 0.29) is 21.7 Å². The molecule has 6 rings (SSSR count). The van der Waals surface area contributed by atoms with Crippen LogP contribution in [0.25, 0.3) is 0 Å². The quantitative estimate of drug-likeness (QED) is 0.300. The third kappa shape index (κ3) is 6.18. The Morgan fingerprint density at radius 3 is 1.41 bits per heavy atom. The molecule has 2 saturated carbocycles. The highest BCUT2D eigenvalue weighted by molar-refractivity contribution is 5.89. The summed E-state index contributed by atoms with van der Waals surface area (Å²) in [5.41, 5.74) is 3.82. The molecular weight excluding hydrogens is 576 g/mol. The fourth-order valence-corrected chi connectivity index (χ4v) is 10.6. The number of carboxylic acids is 2. The third-order valence-electron chi connectivity index (χ3n) is 13.9. The number of aliphatic carboxylic acids is 2. The summed E-state index contributed by atoms with van der Waals surface area (Å²) in [7, 11) is 0. The molecule has 6 nitrogen and oxygen atoms in total. The average Bonchev–Trinajstić information content (AvgIpc) is 3.74. The topological polar surface area (TPSA) is 101 Å². The van der Waals surface area contributed by atoms with Gasteiger partial charge in [-0.2, -0.15) is 0 Å². The number of carbonyl (C=O) groups is 2. The van der Waals surface area contributed by atoms with Gasteiger partial charge in [0, 0.05) is 22.0 Å². The molecule has 2 N–H and O–H groups in total. The number of aryl methyl sites for hydroxylation is 2. The number of furan rings is 2. The fraction of sp³-hybridized carbons (Fsp3) is 0.650. The molecule has 0 saturated heterocycles. The van der Waals surface area contributed by atoms with E-state index in [0.29, 0.717) is 34.8 Å². The molecule has 0 aliphatic heterocycles. The highest BCUT2D eigenvalue weighted by atomic mass is 16.4. The Morgan fingerprint density at radius 1 is 0.696 bits per heavy atom. The fourth-order valence-electron chi connectivity index (χ4n) is 10.6. The van der Waals surface area contributed by atoms with Crippen LogP contribution in [0.3, 0.4) is 0 Å². The van der Waals surface area contributed by atoms with Gasteiger partial charge in [-0.05, 0) is 135 Å². The molecule has 4 aliphatic carbocycles. The van der Waals surface area contributed by atoms with E-state index in [1.807, 2.05) is 36.8 Å². The van der Waals surface area contributed by atoms with Crippen LogP contribution in [0, 0.1) is 45.3 Å². The number of fused-ring (bicyclic) bond motifs is 2. The summed E-state index contributed by atoms with van der Waals surface area (Å²) in [4.78, 5) is 23.5. The molecule has 0 unspecified atom stereocenters. The number of hydrogen-bond donors (Lipinski definition) is 2. The first-order valence-corrected chi connectivity index (χ1v) is 17.7. The molecule has 2 aromatic heterocycles. The molecule has 4 aliphatic rings. The molecule has 0 bridgehead atoms. The van der Waals surface area contributed by atoms with Gasteiger partial charge in [0.1, 0.15) is 0 Å². The zero-order chi connectivity index (χ0) is 33.3. The lowest BCUT2D eigenvalue weighted by Crippen LogP contribution is -2.51. The average molecular weight is 633 g/mol. The van der Waals surface area contributed by atoms with Crippen molar-refractivity contribution in [3.63, 3.8) is 0 Å². The highest BCUT2D eigenvalue weighted by Gasteiger charge is 2.56. The lowest BCUT2D eigenvalue weighted by atomic mass is 9.46. The Morgan fingerprint density at radius 2 is 1.09 bits per heavy atom. The van der Waals surface area contributed by atoms with Crippen molar-refractivity contribution in [2.45, 2.75) is 119 Å². The van der Waals surface area contributed by atoms with E-state index in [2.05, 4.69) is 41.5 Å². The Labute approximate surface area is 275 Å². The van der Waals surface area contributed by atoms with Crippen molar-refractivity contribution >= 4 is 11.9 Å². The van der Waals surface area contributed by atoms with Crippen molar-refractivity contribution in [2.75, 3.05) is 0 Å². The Bertz CT molecular complexity index is 1310. The van der Waals surface area contributed by atoms with E-state index in [1.165, 1.54) is 11.1 Å². The SMILES string of the molecule is C[C@@H]1CC[C@@]2(C)C(C(=O)O)=CCC[C@@H]2[C@@]1(C)CCc1ccoc1.C[C@@H]1CC[C@@]2(C)C(C(=O)O)=CCC[C@@H]2[C@@]1(C)CCc1ccoc1. The van der Waals surface area contributed by atoms with Crippen molar-refractivity contribution < 1.29 is 28.6 Å². The molecule has 252 valence electrons. The number of carboxylic acid groups (broad SMARTS) is 2. The first kappa shape index (κ1) is 34.3. The van der Waals surface area contributed by atoms with Gasteiger partial charge in [0.15, 0.2) is 0 Å². The molecule has 0 radical (unpaired) electrons. The van der Waals surface area contributed by atoms with Crippen LogP contribution >= 0.6 is 0 Å². The van der Waals surface area contributed by atoms with Gasteiger partial charge in [-0.25, -0.2) is 9.59 Å². The molecule has 0 spiro atoms. The largest absolute Gasteiger partial charge is 0.478 e. The van der Waals surface area contributed by atoms with Gasteiger partial charge in [0.2, 0.25) is 0 Å². The van der Waals surface area contributed by atoms with Crippen LogP contribution in [-0.2, 0) is 22.4 Å². The van der Waals surface area contributed by atoms with E-state index >= 15 is 0 Å². The van der Waals surface area contributed by atoms with E-state index in [9.17, 15) is 19.8 Å². The van der Waals surface area contributed by atoms with E-state index in [4.69, 9.17) is 8.83 Å². The van der Waals surface area contributed by atoms with Gasteiger partial charge in [-0.3, -0.25) is 0 Å². The van der Waals surface area contributed by atoms with Crippen LogP contribution in [0.2, 0.25) is 0 Å². The minimum absolute atomic E-state index is 0.179. The van der Waals surface area contributed by atoms with Crippen molar-refractivity contribution in [1.82, 2.24) is 0 Å². The van der Waals surface area contributed by atoms with Crippen molar-refractivity contribution in [2.24, 2.45) is 45.3 Å². The number of rotatable bonds is 8. The molecule has 2 fully saturated rings. The van der Waals surface area contributed by atoms with Crippen molar-refractivity contribution in [3.8, 4) is 0 Å². The monoisotopic (exact) mass is 632 g/mol. The molecule has 2 aromatic rings. The summed E-state index contributed by atoms with van der Waals surface area (Å²) in [5.74, 6) is 0.706. The molecule has 8 atom stereocenters. The van der Waals surface area contributed by atoms with Crippen molar-refractivity contribution in [3.05, 3.63) is 71.6 Å². The van der Waals surface area contributed by atoms with E-state index in [0.717, 1.165) is 77.0 Å². The zero-order valence-corrected chi connectivity index (χ0v) is 28.9. The van der Waals surface area contributed by atoms with Crippen molar-refractivity contribution in [1.29, 1.82) is 0 Å². The number of allylic oxidation sites excluding steroid dienone is 2. The second-order valence-corrected chi connectivity index (χ2v) is 16.1. The standard InChI is InChI=1S/2C20H28O3/c2*1-14-7-10-20(3)16(18(21)22)5-4-6-17(20)19(14,2)11-8-15-9-12-23-13-15/h2*5,9,12-14,17H,4,6-8,10-11H2,1-3H3,(H,21,22)/t2*14-,17-,19+,20+/m11/s1. The lowest BCUT2D eigenvalue weighted by molar-refractivity contribution is -0.138. The maximum atomic E-state index is 11.8. The molecule has 6 heteroatoms. The van der Waals surface area contributed by atoms with E-state index in [1.54, 1.807) is 12.5 Å². The summed E-state index contributed by atoms with van der Waals surface area (Å²) in [6.45, 7) is 13.9. The molecule has 0 amide bonds. The van der Waals surface area contributed by atoms with Gasteiger partial charge in [0.25, 0.3) is 0 Å². The van der Waals surface area contributed by atoms with Gasteiger partial charge >= 0.3 is 11.9 Å². The smallest absolute Gasteiger partial charge is 0.331 e. The van der Waals surface area contributed by atoms with Gasteiger partial charge in [-0.1, -0.05) is 53.7 Å². The minimum atomic E-state index is -0.719. The van der Waals surface area contributed by atoms with Crippen LogP contribution in [0.4, 0.5) is 0 Å². The second-order valence-electron chi connectivity index (χ2n) is 16.1. The van der Waals surface area contributed by atoms with Crippen LogP contribution in [0.15, 0.2) is 69.3 Å². The van der Waals surface area contributed by atoms with Crippen LogP contribution < -0.4 is 0 Å². The van der Waals surface area contributed by atoms with Crippen LogP contribution in [0.1, 0.15) is 117 Å². The summed E-state index contributed by atoms with van der Waals surface area (Å²) in [6.07, 6.45) is 23.5. The molecule has 0 aromatic carbocycles. The minimum Gasteiger partial charge on any atom is -0.478 e. The van der Waals surface area contributed by atoms with Gasteiger partial charge in [0.05, 0.1) is 25.1 Å². The summed E-state index contributed by atoms with van der Waals surface area (Å²) in [6, 6.07) is 4.08. The Hall–Kier alpha value is -3.02. The van der Waals surface area contributed by atoms with E-state index < -0.39 is 11.9 Å². The van der Waals surface area contributed by atoms with Gasteiger partial charge < -0.3 is 19.0 Å². The van der Waals surface area contributed by atoms with Gasteiger partial charge in [-0.15, -0.1) is 0 Å². The Kier molecular flexibility index (Phi) is 9.88. The molecule has 46 heavy (non-hydrogen) atoms. The predicted molar refractivity (Wildman–Crippen MR) is 180 cm³/mol. The first-order valence-electron chi connectivity index (χ1n) is 17.7. The maximum absolute atomic E-state index is 11.8. The first-order chi connectivity index (χ1) is 21.8. The normalized spacial score (nSPS) is 37.1. The summed E-state index contributed by atoms with van der Waals surface area (Å²) >= 11 is 0. The maximum Gasteiger partial charge on any atom is 0.331 e. The third-order valence-corrected chi connectivity index (χ3v) is 13.9. The lowest BCUT2D eigenvalue weighted by Gasteiger charge is -2.57. The van der Waals surface area contributed by atoms with Crippen LogP contribution in [-0.4, -0.2) is 22.2 Å². The highest BCUT2D eigenvalue weighted by Crippen LogP contribution is 2.63. The zero-order valence-electron chi connectivity index (χ0n) is 28.9. The molecule has 2 heterocycles. The summed E-state index contributed by atoms with van der Waals surface area (Å²) in [5, 5.41) is 19.4. The second kappa shape index (κ2) is 13.2. The van der Waals surface area contributed by atoms with Crippen LogP contribution in [0.5, 0.6) is 0 Å². The summed E-state index contributed by atoms with van der Waals surface area (Å²) < 4.78 is 10.4.